The molecule has 0 aliphatic carbocycles. The van der Waals surface area contributed by atoms with Crippen LogP contribution in [0.4, 0.5) is 0 Å². The highest BCUT2D eigenvalue weighted by Crippen LogP contribution is 2.17. The molecule has 5 heteroatoms. The van der Waals surface area contributed by atoms with Crippen LogP contribution in [0, 0.1) is 6.92 Å². The van der Waals surface area contributed by atoms with Crippen molar-refractivity contribution in [3.8, 4) is 0 Å². The summed E-state index contributed by atoms with van der Waals surface area (Å²) < 4.78 is 0. The summed E-state index contributed by atoms with van der Waals surface area (Å²) in [4.78, 5) is 22.0. The maximum Gasteiger partial charge on any atom is 0.223 e. The SMILES string of the molecule is Cc1cccc2[nH]c(CCC(=O)N3CCC(N)CC3)nc12. The highest BCUT2D eigenvalue weighted by molar-refractivity contribution is 5.79. The molecule has 3 rings (SSSR count). The minimum atomic E-state index is 0.207. The number of amides is 1. The fraction of sp³-hybridized carbons (Fsp3) is 0.500. The van der Waals surface area contributed by atoms with Crippen LogP contribution < -0.4 is 5.73 Å². The number of nitrogens with two attached hydrogens (primary N) is 1. The van der Waals surface area contributed by atoms with E-state index in [1.807, 2.05) is 17.0 Å². The lowest BCUT2D eigenvalue weighted by molar-refractivity contribution is -0.132. The molecule has 0 saturated carbocycles. The molecule has 1 aromatic heterocycles. The molecule has 0 spiro atoms. The van der Waals surface area contributed by atoms with Gasteiger partial charge < -0.3 is 15.6 Å². The van der Waals surface area contributed by atoms with Crippen molar-refractivity contribution in [2.75, 3.05) is 13.1 Å². The molecule has 5 nitrogen and oxygen atoms in total. The summed E-state index contributed by atoms with van der Waals surface area (Å²) in [5.74, 6) is 1.10. The van der Waals surface area contributed by atoms with Crippen molar-refractivity contribution in [2.24, 2.45) is 5.73 Å². The second kappa shape index (κ2) is 5.85. The standard InChI is InChI=1S/C16H22N4O/c1-11-3-2-4-13-16(11)19-14(18-13)5-6-15(21)20-9-7-12(17)8-10-20/h2-4,12H,5-10,17H2,1H3,(H,18,19). The Morgan fingerprint density at radius 2 is 2.19 bits per heavy atom. The second-order valence-corrected chi connectivity index (χ2v) is 5.87. The number of hydrogen-bond donors (Lipinski definition) is 2. The molecule has 1 saturated heterocycles. The van der Waals surface area contributed by atoms with Crippen LogP contribution >= 0.6 is 0 Å². The molecular weight excluding hydrogens is 264 g/mol. The lowest BCUT2D eigenvalue weighted by atomic mass is 10.1. The van der Waals surface area contributed by atoms with E-state index in [2.05, 4.69) is 23.0 Å². The van der Waals surface area contributed by atoms with Crippen LogP contribution in [-0.4, -0.2) is 39.9 Å². The van der Waals surface area contributed by atoms with E-state index in [0.717, 1.165) is 48.4 Å². The van der Waals surface area contributed by atoms with Gasteiger partial charge in [0.25, 0.3) is 0 Å². The fourth-order valence-electron chi connectivity index (χ4n) is 2.88. The van der Waals surface area contributed by atoms with Gasteiger partial charge in [0.05, 0.1) is 11.0 Å². The Morgan fingerprint density at radius 3 is 2.90 bits per heavy atom. The highest BCUT2D eigenvalue weighted by Gasteiger charge is 2.20. The summed E-state index contributed by atoms with van der Waals surface area (Å²) in [6.45, 7) is 3.63. The number of benzene rings is 1. The van der Waals surface area contributed by atoms with Gasteiger partial charge in [0, 0.05) is 32.0 Å². The third-order valence-corrected chi connectivity index (χ3v) is 4.23. The minimum absolute atomic E-state index is 0.207. The molecule has 1 aliphatic heterocycles. The Morgan fingerprint density at radius 1 is 1.43 bits per heavy atom. The number of carbonyl (C=O) groups is 1. The predicted octanol–water partition coefficient (Wildman–Crippen LogP) is 1.75. The van der Waals surface area contributed by atoms with Crippen LogP contribution in [0.3, 0.4) is 0 Å². The first-order valence-corrected chi connectivity index (χ1v) is 7.61. The molecule has 112 valence electrons. The Hall–Kier alpha value is -1.88. The number of aromatic nitrogens is 2. The largest absolute Gasteiger partial charge is 0.343 e. The number of H-pyrrole nitrogens is 1. The van der Waals surface area contributed by atoms with E-state index >= 15 is 0 Å². The number of aromatic amines is 1. The van der Waals surface area contributed by atoms with Crippen molar-refractivity contribution in [3.05, 3.63) is 29.6 Å². The van der Waals surface area contributed by atoms with Gasteiger partial charge in [-0.15, -0.1) is 0 Å². The number of hydrogen-bond acceptors (Lipinski definition) is 3. The summed E-state index contributed by atoms with van der Waals surface area (Å²) in [5.41, 5.74) is 9.07. The van der Waals surface area contributed by atoms with Gasteiger partial charge in [0.2, 0.25) is 5.91 Å². The van der Waals surface area contributed by atoms with Crippen LogP contribution in [0.1, 0.15) is 30.7 Å². The maximum atomic E-state index is 12.2. The third kappa shape index (κ3) is 3.08. The lowest BCUT2D eigenvalue weighted by Gasteiger charge is -2.30. The van der Waals surface area contributed by atoms with Crippen molar-refractivity contribution in [3.63, 3.8) is 0 Å². The number of aryl methyl sites for hydroxylation is 2. The van der Waals surface area contributed by atoms with Gasteiger partial charge in [0.1, 0.15) is 5.82 Å². The number of carbonyl (C=O) groups excluding carboxylic acids is 1. The van der Waals surface area contributed by atoms with Gasteiger partial charge >= 0.3 is 0 Å². The van der Waals surface area contributed by atoms with Gasteiger partial charge in [0.15, 0.2) is 0 Å². The van der Waals surface area contributed by atoms with Crippen LogP contribution in [0.15, 0.2) is 18.2 Å². The smallest absolute Gasteiger partial charge is 0.223 e. The summed E-state index contributed by atoms with van der Waals surface area (Å²) in [6, 6.07) is 6.34. The zero-order valence-electron chi connectivity index (χ0n) is 12.4. The van der Waals surface area contributed by atoms with Crippen LogP contribution in [0.2, 0.25) is 0 Å². The molecule has 0 radical (unpaired) electrons. The maximum absolute atomic E-state index is 12.2. The van der Waals surface area contributed by atoms with Crippen LogP contribution in [0.5, 0.6) is 0 Å². The van der Waals surface area contributed by atoms with Gasteiger partial charge in [-0.25, -0.2) is 4.98 Å². The number of para-hydroxylation sites is 1. The molecule has 0 unspecified atom stereocenters. The normalized spacial score (nSPS) is 16.6. The van der Waals surface area contributed by atoms with E-state index in [1.54, 1.807) is 0 Å². The molecule has 2 aromatic rings. The fourth-order valence-corrected chi connectivity index (χ4v) is 2.88. The van der Waals surface area contributed by atoms with Crippen molar-refractivity contribution < 1.29 is 4.79 Å². The first-order valence-electron chi connectivity index (χ1n) is 7.61. The molecule has 1 fully saturated rings. The Kier molecular flexibility index (Phi) is 3.92. The molecule has 1 amide bonds. The molecule has 2 heterocycles. The van der Waals surface area contributed by atoms with E-state index in [1.165, 1.54) is 0 Å². The number of likely N-dealkylation sites (tertiary alicyclic amines) is 1. The molecule has 1 aromatic carbocycles. The number of nitrogens with zero attached hydrogens (tertiary/aromatic N) is 2. The van der Waals surface area contributed by atoms with E-state index in [0.29, 0.717) is 12.8 Å². The van der Waals surface area contributed by atoms with E-state index in [9.17, 15) is 4.79 Å². The molecule has 21 heavy (non-hydrogen) atoms. The highest BCUT2D eigenvalue weighted by atomic mass is 16.2. The Balaban J connectivity index is 1.61. The Labute approximate surface area is 124 Å². The molecule has 0 atom stereocenters. The first-order chi connectivity index (χ1) is 10.1. The zero-order chi connectivity index (χ0) is 14.8. The quantitative estimate of drug-likeness (QED) is 0.902. The summed E-state index contributed by atoms with van der Waals surface area (Å²) in [5, 5.41) is 0. The number of nitrogens with one attached hydrogen (secondary N) is 1. The zero-order valence-corrected chi connectivity index (χ0v) is 12.4. The Bertz CT molecular complexity index is 641. The van der Waals surface area contributed by atoms with Gasteiger partial charge in [-0.05, 0) is 31.4 Å². The molecule has 0 bridgehead atoms. The molecule has 3 N–H and O–H groups in total. The number of piperidine rings is 1. The van der Waals surface area contributed by atoms with Gasteiger partial charge in [-0.3, -0.25) is 4.79 Å². The average molecular weight is 286 g/mol. The van der Waals surface area contributed by atoms with Crippen molar-refractivity contribution in [2.45, 2.75) is 38.6 Å². The van der Waals surface area contributed by atoms with E-state index in [4.69, 9.17) is 5.73 Å². The number of fused-ring (bicyclic) bond motifs is 1. The summed E-state index contributed by atoms with van der Waals surface area (Å²) in [6.07, 6.45) is 2.99. The van der Waals surface area contributed by atoms with Crippen molar-refractivity contribution >= 4 is 16.9 Å². The van der Waals surface area contributed by atoms with Crippen molar-refractivity contribution in [1.29, 1.82) is 0 Å². The molecule has 1 aliphatic rings. The summed E-state index contributed by atoms with van der Waals surface area (Å²) >= 11 is 0. The predicted molar refractivity (Wildman–Crippen MR) is 82.9 cm³/mol. The van der Waals surface area contributed by atoms with Gasteiger partial charge in [-0.1, -0.05) is 12.1 Å². The topological polar surface area (TPSA) is 75.0 Å². The van der Waals surface area contributed by atoms with E-state index in [-0.39, 0.29) is 11.9 Å². The monoisotopic (exact) mass is 286 g/mol. The van der Waals surface area contributed by atoms with Crippen LogP contribution in [0.25, 0.3) is 11.0 Å². The summed E-state index contributed by atoms with van der Waals surface area (Å²) in [7, 11) is 0. The van der Waals surface area contributed by atoms with E-state index < -0.39 is 0 Å². The average Bonchev–Trinajstić information content (AvgIpc) is 2.90. The number of rotatable bonds is 3. The third-order valence-electron chi connectivity index (χ3n) is 4.23. The van der Waals surface area contributed by atoms with Crippen molar-refractivity contribution in [1.82, 2.24) is 14.9 Å². The number of imidazole rings is 1. The molecular formula is C16H22N4O. The lowest BCUT2D eigenvalue weighted by Crippen LogP contribution is -2.42. The minimum Gasteiger partial charge on any atom is -0.343 e. The van der Waals surface area contributed by atoms with Crippen LogP contribution in [-0.2, 0) is 11.2 Å². The van der Waals surface area contributed by atoms with Gasteiger partial charge in [-0.2, -0.15) is 0 Å². The second-order valence-electron chi connectivity index (χ2n) is 5.87. The first kappa shape index (κ1) is 14.1.